The first-order chi connectivity index (χ1) is 1.41. The summed E-state index contributed by atoms with van der Waals surface area (Å²) in [5, 5.41) is 0. The van der Waals surface area contributed by atoms with E-state index in [1.54, 1.807) is 0 Å². The van der Waals surface area contributed by atoms with Gasteiger partial charge in [0.2, 0.25) is 0 Å². The molecule has 0 amide bonds. The zero-order valence-electron chi connectivity index (χ0n) is 1.96. The third-order valence-corrected chi connectivity index (χ3v) is 0. The van der Waals surface area contributed by atoms with E-state index in [9.17, 15) is 0 Å². The maximum atomic E-state index is 8.35. The zero-order valence-corrected chi connectivity index (χ0v) is 5.02. The molecule has 1 radical (unpaired) electrons. The van der Waals surface area contributed by atoms with Crippen LogP contribution in [0.2, 0.25) is 0 Å². The summed E-state index contributed by atoms with van der Waals surface area (Å²) >= 11 is 0. The predicted octanol–water partition coefficient (Wildman–Crippen LogP) is 0.619. The number of hydrogen-bond donors (Lipinski definition) is 0. The van der Waals surface area contributed by atoms with Crippen molar-refractivity contribution in [1.82, 2.24) is 0 Å². The second-order valence-electron chi connectivity index (χ2n) is 0.0745. The SMILES string of the molecule is O=[P+]=O.[Mn].[Ni]. The van der Waals surface area contributed by atoms with Crippen LogP contribution in [0.25, 0.3) is 0 Å². The maximum Gasteiger partial charge on any atom is 0 e. The summed E-state index contributed by atoms with van der Waals surface area (Å²) in [5.74, 6) is 0. The summed E-state index contributed by atoms with van der Waals surface area (Å²) in [7, 11) is -1.08. The maximum absolute atomic E-state index is 8.35. The summed E-state index contributed by atoms with van der Waals surface area (Å²) in [6, 6.07) is 0. The monoisotopic (exact) mass is 176 g/mol. The second kappa shape index (κ2) is 19.7. The third kappa shape index (κ3) is 42.9. The van der Waals surface area contributed by atoms with Crippen LogP contribution in [-0.4, -0.2) is 0 Å². The smallest absolute Gasteiger partial charge is 0 e. The van der Waals surface area contributed by atoms with Gasteiger partial charge in [-0.3, -0.25) is 0 Å². The topological polar surface area (TPSA) is 34.1 Å². The predicted molar refractivity (Wildman–Crippen MR) is 8.29 cm³/mol. The molecule has 0 bridgehead atoms. The van der Waals surface area contributed by atoms with Crippen LogP contribution in [0.1, 0.15) is 0 Å². The fraction of sp³-hybridized carbons (Fsp3) is 0. The van der Waals surface area contributed by atoms with Crippen LogP contribution >= 0.6 is 8.34 Å². The largest absolute Gasteiger partial charge is 0 e. The Morgan fingerprint density at radius 3 is 1.20 bits per heavy atom. The quantitative estimate of drug-likeness (QED) is 0.401. The van der Waals surface area contributed by atoms with E-state index in [2.05, 4.69) is 0 Å². The first-order valence-electron chi connectivity index (χ1n) is 0.365. The van der Waals surface area contributed by atoms with Crippen molar-refractivity contribution in [2.24, 2.45) is 0 Å². The van der Waals surface area contributed by atoms with Crippen LogP contribution in [0.15, 0.2) is 0 Å². The van der Waals surface area contributed by atoms with Gasteiger partial charge >= 0.3 is 17.5 Å². The Morgan fingerprint density at radius 1 is 1.20 bits per heavy atom. The standard InChI is InChI=1S/Mn.Ni.O2P/c;;1-3-2/q;;+1. The van der Waals surface area contributed by atoms with Crippen LogP contribution in [0, 0.1) is 0 Å². The average Bonchev–Trinajstić information content (AvgIpc) is 0.918. The van der Waals surface area contributed by atoms with E-state index >= 15 is 0 Å². The fourth-order valence-corrected chi connectivity index (χ4v) is 0. The van der Waals surface area contributed by atoms with Gasteiger partial charge in [-0.15, -0.1) is 0 Å². The Kier molecular flexibility index (Phi) is 65.6. The van der Waals surface area contributed by atoms with E-state index < -0.39 is 8.34 Å². The van der Waals surface area contributed by atoms with Gasteiger partial charge in [0.15, 0.2) is 0 Å². The van der Waals surface area contributed by atoms with Crippen molar-refractivity contribution in [3.63, 3.8) is 0 Å². The van der Waals surface area contributed by atoms with Crippen molar-refractivity contribution in [2.45, 2.75) is 0 Å². The summed E-state index contributed by atoms with van der Waals surface area (Å²) < 4.78 is 16.7. The Labute approximate surface area is 51.3 Å². The number of rotatable bonds is 0. The molecule has 0 aromatic rings. The summed E-state index contributed by atoms with van der Waals surface area (Å²) in [5.41, 5.74) is 0. The normalized spacial score (nSPS) is 1.60. The molecular weight excluding hydrogens is 177 g/mol. The molecule has 0 aliphatic carbocycles. The van der Waals surface area contributed by atoms with Gasteiger partial charge in [0.25, 0.3) is 0 Å². The summed E-state index contributed by atoms with van der Waals surface area (Å²) in [4.78, 5) is 0. The van der Waals surface area contributed by atoms with Crippen molar-refractivity contribution >= 4 is 8.34 Å². The Hall–Kier alpha value is 1.04. The van der Waals surface area contributed by atoms with Gasteiger partial charge in [0, 0.05) is 33.6 Å². The minimum absolute atomic E-state index is 0. The van der Waals surface area contributed by atoms with Gasteiger partial charge < -0.3 is 0 Å². The Bertz CT molecular complexity index is 30.6. The minimum atomic E-state index is -1.08. The Balaban J connectivity index is -0.0000000200. The number of hydrogen-bond acceptors (Lipinski definition) is 2. The van der Waals surface area contributed by atoms with Crippen molar-refractivity contribution in [2.75, 3.05) is 0 Å². The molecule has 0 aromatic heterocycles. The first kappa shape index (κ1) is 16.6. The van der Waals surface area contributed by atoms with Crippen molar-refractivity contribution < 1.29 is 42.7 Å². The molecule has 5 heteroatoms. The molecule has 0 aromatic carbocycles. The van der Waals surface area contributed by atoms with Gasteiger partial charge in [0.05, 0.1) is 0 Å². The molecule has 0 aliphatic rings. The second-order valence-corrected chi connectivity index (χ2v) is 0.224. The van der Waals surface area contributed by atoms with Gasteiger partial charge in [0.1, 0.15) is 0 Å². The molecule has 5 heavy (non-hydrogen) atoms. The first-order valence-corrected chi connectivity index (χ1v) is 1.10. The van der Waals surface area contributed by atoms with E-state index in [-0.39, 0.29) is 33.6 Å². The molecule has 0 heterocycles. The molecule has 0 saturated carbocycles. The van der Waals surface area contributed by atoms with E-state index in [0.717, 1.165) is 0 Å². The molecule has 0 aliphatic heterocycles. The fourth-order valence-electron chi connectivity index (χ4n) is 0. The van der Waals surface area contributed by atoms with Crippen molar-refractivity contribution in [3.8, 4) is 0 Å². The molecular formula is MnNiO2P+. The average molecular weight is 177 g/mol. The molecule has 0 saturated heterocycles. The van der Waals surface area contributed by atoms with E-state index in [0.29, 0.717) is 0 Å². The van der Waals surface area contributed by atoms with Crippen LogP contribution in [-0.2, 0) is 42.7 Å². The molecule has 0 atom stereocenters. The van der Waals surface area contributed by atoms with E-state index in [4.69, 9.17) is 9.13 Å². The van der Waals surface area contributed by atoms with Crippen LogP contribution in [0.5, 0.6) is 0 Å². The van der Waals surface area contributed by atoms with Gasteiger partial charge in [-0.1, -0.05) is 0 Å². The van der Waals surface area contributed by atoms with Gasteiger partial charge in [-0.05, 0) is 0 Å². The van der Waals surface area contributed by atoms with Crippen LogP contribution in [0.3, 0.4) is 0 Å². The summed E-state index contributed by atoms with van der Waals surface area (Å²) in [6.45, 7) is 0. The van der Waals surface area contributed by atoms with Crippen LogP contribution in [0.4, 0.5) is 0 Å². The van der Waals surface area contributed by atoms with Gasteiger partial charge in [-0.2, -0.15) is 0 Å². The molecule has 0 fully saturated rings. The molecule has 33 valence electrons. The van der Waals surface area contributed by atoms with Crippen LogP contribution < -0.4 is 0 Å². The van der Waals surface area contributed by atoms with Gasteiger partial charge in [-0.25, -0.2) is 0 Å². The Morgan fingerprint density at radius 2 is 1.20 bits per heavy atom. The molecule has 0 unspecified atom stereocenters. The van der Waals surface area contributed by atoms with E-state index in [1.165, 1.54) is 0 Å². The van der Waals surface area contributed by atoms with Crippen molar-refractivity contribution in [3.05, 3.63) is 0 Å². The molecule has 0 N–H and O–H groups in total. The summed E-state index contributed by atoms with van der Waals surface area (Å²) in [6.07, 6.45) is 0. The molecule has 2 nitrogen and oxygen atoms in total. The third-order valence-electron chi connectivity index (χ3n) is 0. The van der Waals surface area contributed by atoms with Crippen molar-refractivity contribution in [1.29, 1.82) is 0 Å². The molecule has 0 rings (SSSR count). The molecule has 0 spiro atoms. The minimum Gasteiger partial charge on any atom is 0 e. The zero-order chi connectivity index (χ0) is 2.71. The van der Waals surface area contributed by atoms with E-state index in [1.807, 2.05) is 0 Å².